The Morgan fingerprint density at radius 1 is 1.32 bits per heavy atom. The molecule has 5 nitrogen and oxygen atoms in total. The van der Waals surface area contributed by atoms with Gasteiger partial charge in [0.1, 0.15) is 5.82 Å². The molecule has 19 heavy (non-hydrogen) atoms. The first-order chi connectivity index (χ1) is 9.15. The molecule has 0 bridgehead atoms. The molecule has 0 amide bonds. The van der Waals surface area contributed by atoms with Crippen LogP contribution in [0.25, 0.3) is 11.3 Å². The first-order valence-corrected chi connectivity index (χ1v) is 6.38. The Morgan fingerprint density at radius 2 is 2.11 bits per heavy atom. The minimum atomic E-state index is 0.281. The van der Waals surface area contributed by atoms with Crippen molar-refractivity contribution in [3.8, 4) is 22.8 Å². The van der Waals surface area contributed by atoms with E-state index in [4.69, 9.17) is 15.2 Å². The van der Waals surface area contributed by atoms with Gasteiger partial charge in [-0.1, -0.05) is 13.8 Å². The Balaban J connectivity index is 2.02. The molecule has 3 N–H and O–H groups in total. The molecule has 1 aliphatic rings. The van der Waals surface area contributed by atoms with Crippen LogP contribution >= 0.6 is 0 Å². The molecule has 1 aromatic carbocycles. The maximum absolute atomic E-state index is 5.94. The number of anilines is 1. The monoisotopic (exact) mass is 259 g/mol. The number of fused-ring (bicyclic) bond motifs is 1. The topological polar surface area (TPSA) is 73.2 Å². The molecule has 0 radical (unpaired) electrons. The van der Waals surface area contributed by atoms with Gasteiger partial charge in [-0.15, -0.1) is 0 Å². The van der Waals surface area contributed by atoms with E-state index in [-0.39, 0.29) is 6.79 Å². The van der Waals surface area contributed by atoms with Gasteiger partial charge in [0.25, 0.3) is 0 Å². The number of rotatable bonds is 3. The molecule has 0 spiro atoms. The average molecular weight is 259 g/mol. The van der Waals surface area contributed by atoms with Crippen LogP contribution in [-0.4, -0.2) is 17.0 Å². The Kier molecular flexibility index (Phi) is 2.81. The van der Waals surface area contributed by atoms with Gasteiger partial charge in [-0.2, -0.15) is 5.10 Å². The summed E-state index contributed by atoms with van der Waals surface area (Å²) in [5, 5.41) is 7.14. The third-order valence-electron chi connectivity index (χ3n) is 3.17. The Hall–Kier alpha value is -2.17. The quantitative estimate of drug-likeness (QED) is 0.888. The SMILES string of the molecule is CC(C)Cc1c(N)n[nH]c1-c1ccc2c(c1)OCO2. The van der Waals surface area contributed by atoms with Gasteiger partial charge in [0.15, 0.2) is 11.5 Å². The normalized spacial score (nSPS) is 13.2. The van der Waals surface area contributed by atoms with Crippen molar-refractivity contribution >= 4 is 5.82 Å². The van der Waals surface area contributed by atoms with Crippen LogP contribution in [-0.2, 0) is 6.42 Å². The zero-order valence-corrected chi connectivity index (χ0v) is 11.1. The number of aromatic amines is 1. The molecular weight excluding hydrogens is 242 g/mol. The van der Waals surface area contributed by atoms with E-state index in [1.54, 1.807) is 0 Å². The molecule has 0 unspecified atom stereocenters. The molecule has 0 aliphatic carbocycles. The number of hydrogen-bond donors (Lipinski definition) is 2. The van der Waals surface area contributed by atoms with Crippen LogP contribution in [0.15, 0.2) is 18.2 Å². The van der Waals surface area contributed by atoms with Crippen molar-refractivity contribution in [1.82, 2.24) is 10.2 Å². The van der Waals surface area contributed by atoms with E-state index in [1.165, 1.54) is 0 Å². The summed E-state index contributed by atoms with van der Waals surface area (Å²) in [6.45, 7) is 4.61. The van der Waals surface area contributed by atoms with Crippen LogP contribution < -0.4 is 15.2 Å². The lowest BCUT2D eigenvalue weighted by Gasteiger charge is -2.07. The van der Waals surface area contributed by atoms with E-state index < -0.39 is 0 Å². The summed E-state index contributed by atoms with van der Waals surface area (Å²) >= 11 is 0. The van der Waals surface area contributed by atoms with Gasteiger partial charge in [0.2, 0.25) is 6.79 Å². The zero-order chi connectivity index (χ0) is 13.4. The maximum atomic E-state index is 5.94. The van der Waals surface area contributed by atoms with Crippen molar-refractivity contribution < 1.29 is 9.47 Å². The van der Waals surface area contributed by atoms with Gasteiger partial charge in [-0.3, -0.25) is 5.10 Å². The van der Waals surface area contributed by atoms with Crippen LogP contribution in [0.5, 0.6) is 11.5 Å². The van der Waals surface area contributed by atoms with Gasteiger partial charge in [0.05, 0.1) is 5.69 Å². The Labute approximate surface area is 111 Å². The molecule has 0 fully saturated rings. The molecule has 3 rings (SSSR count). The molecule has 5 heteroatoms. The fourth-order valence-electron chi connectivity index (χ4n) is 2.28. The van der Waals surface area contributed by atoms with Crippen molar-refractivity contribution in [2.24, 2.45) is 5.92 Å². The highest BCUT2D eigenvalue weighted by Gasteiger charge is 2.18. The fourth-order valence-corrected chi connectivity index (χ4v) is 2.28. The van der Waals surface area contributed by atoms with Gasteiger partial charge in [0, 0.05) is 11.1 Å². The predicted molar refractivity (Wildman–Crippen MR) is 73.1 cm³/mol. The third kappa shape index (κ3) is 2.12. The second kappa shape index (κ2) is 4.50. The van der Waals surface area contributed by atoms with E-state index in [2.05, 4.69) is 24.0 Å². The van der Waals surface area contributed by atoms with E-state index in [0.29, 0.717) is 11.7 Å². The molecule has 0 atom stereocenters. The lowest BCUT2D eigenvalue weighted by Crippen LogP contribution is -1.99. The van der Waals surface area contributed by atoms with Crippen molar-refractivity contribution in [1.29, 1.82) is 0 Å². The van der Waals surface area contributed by atoms with E-state index in [1.807, 2.05) is 18.2 Å². The van der Waals surface area contributed by atoms with Crippen molar-refractivity contribution in [2.45, 2.75) is 20.3 Å². The smallest absolute Gasteiger partial charge is 0.231 e. The van der Waals surface area contributed by atoms with Gasteiger partial charge in [-0.25, -0.2) is 0 Å². The minimum absolute atomic E-state index is 0.281. The zero-order valence-electron chi connectivity index (χ0n) is 11.1. The van der Waals surface area contributed by atoms with Gasteiger partial charge >= 0.3 is 0 Å². The second-order valence-corrected chi connectivity index (χ2v) is 5.13. The highest BCUT2D eigenvalue weighted by atomic mass is 16.7. The molecule has 1 aliphatic heterocycles. The number of nitrogen functional groups attached to an aromatic ring is 1. The largest absolute Gasteiger partial charge is 0.454 e. The number of hydrogen-bond acceptors (Lipinski definition) is 4. The highest BCUT2D eigenvalue weighted by molar-refractivity contribution is 5.70. The summed E-state index contributed by atoms with van der Waals surface area (Å²) in [5.74, 6) is 2.64. The summed E-state index contributed by atoms with van der Waals surface area (Å²) < 4.78 is 10.7. The lowest BCUT2D eigenvalue weighted by molar-refractivity contribution is 0.174. The van der Waals surface area contributed by atoms with Gasteiger partial charge < -0.3 is 15.2 Å². The van der Waals surface area contributed by atoms with Gasteiger partial charge in [-0.05, 0) is 30.5 Å². The van der Waals surface area contributed by atoms with Crippen LogP contribution in [0.3, 0.4) is 0 Å². The van der Waals surface area contributed by atoms with Crippen LogP contribution in [0.1, 0.15) is 19.4 Å². The molecular formula is C14H17N3O2. The summed E-state index contributed by atoms with van der Waals surface area (Å²) in [6.07, 6.45) is 0.895. The number of H-pyrrole nitrogens is 1. The average Bonchev–Trinajstić information content (AvgIpc) is 2.96. The van der Waals surface area contributed by atoms with Crippen molar-refractivity contribution in [2.75, 3.05) is 12.5 Å². The van der Waals surface area contributed by atoms with Crippen LogP contribution in [0, 0.1) is 5.92 Å². The number of nitrogens with zero attached hydrogens (tertiary/aromatic N) is 1. The summed E-state index contributed by atoms with van der Waals surface area (Å²) in [6, 6.07) is 5.86. The minimum Gasteiger partial charge on any atom is -0.454 e. The number of benzene rings is 1. The van der Waals surface area contributed by atoms with Crippen LogP contribution in [0.4, 0.5) is 5.82 Å². The number of nitrogens with one attached hydrogen (secondary N) is 1. The number of nitrogens with two attached hydrogens (primary N) is 1. The Morgan fingerprint density at radius 3 is 2.89 bits per heavy atom. The van der Waals surface area contributed by atoms with E-state index in [0.717, 1.165) is 34.7 Å². The summed E-state index contributed by atoms with van der Waals surface area (Å²) in [7, 11) is 0. The molecule has 0 saturated carbocycles. The summed E-state index contributed by atoms with van der Waals surface area (Å²) in [4.78, 5) is 0. The first kappa shape index (κ1) is 11.9. The summed E-state index contributed by atoms with van der Waals surface area (Å²) in [5.41, 5.74) is 8.99. The van der Waals surface area contributed by atoms with Crippen LogP contribution in [0.2, 0.25) is 0 Å². The standard InChI is InChI=1S/C14H17N3O2/c1-8(2)5-10-13(16-17-14(10)15)9-3-4-11-12(6-9)19-7-18-11/h3-4,6,8H,5,7H2,1-2H3,(H3,15,16,17). The fraction of sp³-hybridized carbons (Fsp3) is 0.357. The third-order valence-corrected chi connectivity index (χ3v) is 3.17. The first-order valence-electron chi connectivity index (χ1n) is 6.38. The van der Waals surface area contributed by atoms with E-state index >= 15 is 0 Å². The highest BCUT2D eigenvalue weighted by Crippen LogP contribution is 2.37. The molecule has 1 aromatic heterocycles. The van der Waals surface area contributed by atoms with Crippen molar-refractivity contribution in [3.05, 3.63) is 23.8 Å². The van der Waals surface area contributed by atoms with Crippen molar-refractivity contribution in [3.63, 3.8) is 0 Å². The number of aromatic nitrogens is 2. The maximum Gasteiger partial charge on any atom is 0.231 e. The Bertz CT molecular complexity index is 605. The molecule has 2 heterocycles. The second-order valence-electron chi connectivity index (χ2n) is 5.13. The molecule has 100 valence electrons. The predicted octanol–water partition coefficient (Wildman–Crippen LogP) is 2.59. The molecule has 2 aromatic rings. The lowest BCUT2D eigenvalue weighted by atomic mass is 9.99. The molecule has 0 saturated heterocycles. The number of ether oxygens (including phenoxy) is 2. The van der Waals surface area contributed by atoms with E-state index in [9.17, 15) is 0 Å².